The molecule has 1 aliphatic heterocycles. The predicted molar refractivity (Wildman–Crippen MR) is 109 cm³/mol. The fourth-order valence-electron chi connectivity index (χ4n) is 2.39. The zero-order valence-electron chi connectivity index (χ0n) is 14.2. The average molecular weight is 421 g/mol. The van der Waals surface area contributed by atoms with Crippen molar-refractivity contribution in [3.63, 3.8) is 0 Å². The first-order valence-electron chi connectivity index (χ1n) is 7.91. The van der Waals surface area contributed by atoms with Crippen molar-refractivity contribution < 1.29 is 14.4 Å². The maximum atomic E-state index is 12.5. The number of aryl methyl sites for hydroxylation is 1. The second-order valence-corrected chi connectivity index (χ2v) is 7.60. The summed E-state index contributed by atoms with van der Waals surface area (Å²) in [5, 5.41) is 2.80. The van der Waals surface area contributed by atoms with Crippen LogP contribution in [0.3, 0.4) is 0 Å². The third kappa shape index (κ3) is 4.53. The number of imide groups is 1. The topological polar surface area (TPSA) is 66.5 Å². The summed E-state index contributed by atoms with van der Waals surface area (Å²) in [6.45, 7) is 1.57. The van der Waals surface area contributed by atoms with Crippen molar-refractivity contribution in [3.8, 4) is 0 Å². The molecule has 0 radical (unpaired) electrons. The highest BCUT2D eigenvalue weighted by Gasteiger charge is 2.36. The van der Waals surface area contributed by atoms with Gasteiger partial charge in [-0.3, -0.25) is 19.3 Å². The number of amides is 3. The zero-order valence-corrected chi connectivity index (χ0v) is 16.5. The molecule has 1 heterocycles. The second kappa shape index (κ2) is 8.17. The summed E-state index contributed by atoms with van der Waals surface area (Å²) in [5.74, 6) is -0.997. The molecule has 0 aromatic heterocycles. The van der Waals surface area contributed by atoms with Gasteiger partial charge in [0.15, 0.2) is 0 Å². The number of hydrogen-bond acceptors (Lipinski definition) is 4. The van der Waals surface area contributed by atoms with Gasteiger partial charge >= 0.3 is 0 Å². The van der Waals surface area contributed by atoms with E-state index < -0.39 is 17.1 Å². The molecule has 2 aromatic carbocycles. The molecule has 27 heavy (non-hydrogen) atoms. The van der Waals surface area contributed by atoms with Crippen molar-refractivity contribution in [1.29, 1.82) is 0 Å². The van der Waals surface area contributed by atoms with E-state index in [-0.39, 0.29) is 11.4 Å². The molecule has 3 rings (SSSR count). The number of anilines is 1. The van der Waals surface area contributed by atoms with Crippen LogP contribution in [0.5, 0.6) is 0 Å². The van der Waals surface area contributed by atoms with Crippen LogP contribution in [-0.2, 0) is 9.59 Å². The summed E-state index contributed by atoms with van der Waals surface area (Å²) in [6.07, 6.45) is 1.50. The van der Waals surface area contributed by atoms with E-state index in [2.05, 4.69) is 5.32 Å². The van der Waals surface area contributed by atoms with Gasteiger partial charge in [0.25, 0.3) is 11.1 Å². The van der Waals surface area contributed by atoms with E-state index in [1.807, 2.05) is 19.1 Å². The average Bonchev–Trinajstić information content (AvgIpc) is 2.88. The van der Waals surface area contributed by atoms with Gasteiger partial charge in [-0.2, -0.15) is 0 Å². The second-order valence-electron chi connectivity index (χ2n) is 5.83. The zero-order chi connectivity index (χ0) is 19.6. The lowest BCUT2D eigenvalue weighted by molar-refractivity contribution is -0.127. The Bertz CT molecular complexity index is 958. The Balaban J connectivity index is 1.72. The first-order chi connectivity index (χ1) is 12.8. The number of rotatable bonds is 4. The lowest BCUT2D eigenvalue weighted by Gasteiger charge is -2.12. The molecule has 0 aliphatic carbocycles. The SMILES string of the molecule is Cc1ccc(NC(=O)CN2C(=O)S/C(=C\c3cccc(Cl)c3Cl)C2=O)cc1. The van der Waals surface area contributed by atoms with Crippen LogP contribution in [0.4, 0.5) is 10.5 Å². The van der Waals surface area contributed by atoms with Crippen molar-refractivity contribution >= 4 is 63.8 Å². The van der Waals surface area contributed by atoms with Gasteiger partial charge in [-0.25, -0.2) is 0 Å². The minimum absolute atomic E-state index is 0.187. The molecule has 5 nitrogen and oxygen atoms in total. The predicted octanol–water partition coefficient (Wildman–Crippen LogP) is 4.98. The number of carbonyl (C=O) groups is 3. The Hall–Kier alpha value is -2.28. The van der Waals surface area contributed by atoms with Crippen LogP contribution in [-0.4, -0.2) is 28.5 Å². The van der Waals surface area contributed by atoms with Crippen LogP contribution in [0.15, 0.2) is 47.4 Å². The minimum Gasteiger partial charge on any atom is -0.325 e. The fraction of sp³-hybridized carbons (Fsp3) is 0.105. The molecule has 0 bridgehead atoms. The van der Waals surface area contributed by atoms with Gasteiger partial charge < -0.3 is 5.32 Å². The van der Waals surface area contributed by atoms with Gasteiger partial charge in [0.2, 0.25) is 5.91 Å². The normalized spacial score (nSPS) is 15.5. The molecule has 2 aromatic rings. The van der Waals surface area contributed by atoms with Crippen LogP contribution >= 0.6 is 35.0 Å². The molecule has 1 aliphatic rings. The molecule has 3 amide bonds. The van der Waals surface area contributed by atoms with Crippen molar-refractivity contribution in [2.24, 2.45) is 0 Å². The van der Waals surface area contributed by atoms with Gasteiger partial charge in [-0.1, -0.05) is 53.0 Å². The van der Waals surface area contributed by atoms with Gasteiger partial charge in [-0.15, -0.1) is 0 Å². The largest absolute Gasteiger partial charge is 0.325 e. The molecular weight excluding hydrogens is 407 g/mol. The van der Waals surface area contributed by atoms with E-state index in [1.54, 1.807) is 30.3 Å². The first-order valence-corrected chi connectivity index (χ1v) is 9.48. The summed E-state index contributed by atoms with van der Waals surface area (Å²) in [6, 6.07) is 12.2. The monoisotopic (exact) mass is 420 g/mol. The van der Waals surface area contributed by atoms with E-state index in [0.717, 1.165) is 22.2 Å². The number of halogens is 2. The quantitative estimate of drug-likeness (QED) is 0.708. The van der Waals surface area contributed by atoms with Crippen molar-refractivity contribution in [1.82, 2.24) is 4.90 Å². The summed E-state index contributed by atoms with van der Waals surface area (Å²) in [5.41, 5.74) is 2.18. The van der Waals surface area contributed by atoms with E-state index in [0.29, 0.717) is 21.3 Å². The highest BCUT2D eigenvalue weighted by atomic mass is 35.5. The van der Waals surface area contributed by atoms with Gasteiger partial charge in [0.1, 0.15) is 6.54 Å². The molecule has 1 N–H and O–H groups in total. The van der Waals surface area contributed by atoms with E-state index in [9.17, 15) is 14.4 Å². The summed E-state index contributed by atoms with van der Waals surface area (Å²) >= 11 is 12.8. The first kappa shape index (κ1) is 19.5. The van der Waals surface area contributed by atoms with E-state index in [4.69, 9.17) is 23.2 Å². The van der Waals surface area contributed by atoms with Gasteiger partial charge in [-0.05, 0) is 48.5 Å². The molecule has 0 spiro atoms. The van der Waals surface area contributed by atoms with Crippen molar-refractivity contribution in [2.45, 2.75) is 6.92 Å². The van der Waals surface area contributed by atoms with Gasteiger partial charge in [0.05, 0.1) is 15.0 Å². The van der Waals surface area contributed by atoms with Crippen LogP contribution in [0, 0.1) is 6.92 Å². The van der Waals surface area contributed by atoms with Crippen molar-refractivity contribution in [2.75, 3.05) is 11.9 Å². The number of carbonyl (C=O) groups excluding carboxylic acids is 3. The van der Waals surface area contributed by atoms with E-state index in [1.165, 1.54) is 6.08 Å². The Morgan fingerprint density at radius 3 is 2.56 bits per heavy atom. The van der Waals surface area contributed by atoms with Crippen LogP contribution < -0.4 is 5.32 Å². The number of nitrogens with zero attached hydrogens (tertiary/aromatic N) is 1. The minimum atomic E-state index is -0.542. The number of thioether (sulfide) groups is 1. The Morgan fingerprint density at radius 1 is 1.15 bits per heavy atom. The van der Waals surface area contributed by atoms with Crippen molar-refractivity contribution in [3.05, 3.63) is 68.5 Å². The lowest BCUT2D eigenvalue weighted by Crippen LogP contribution is -2.36. The Kier molecular flexibility index (Phi) is 5.89. The standard InChI is InChI=1S/C19H14Cl2N2O3S/c1-11-5-7-13(8-6-11)22-16(24)10-23-18(25)15(27-19(23)26)9-12-3-2-4-14(20)17(12)21/h2-9H,10H2,1H3,(H,22,24)/b15-9-. The molecule has 0 unspecified atom stereocenters. The number of nitrogens with one attached hydrogen (secondary N) is 1. The summed E-state index contributed by atoms with van der Waals surface area (Å²) < 4.78 is 0. The summed E-state index contributed by atoms with van der Waals surface area (Å²) in [7, 11) is 0. The third-order valence-corrected chi connectivity index (χ3v) is 5.52. The maximum Gasteiger partial charge on any atom is 0.294 e. The van der Waals surface area contributed by atoms with Crippen LogP contribution in [0.25, 0.3) is 6.08 Å². The Labute approximate surface area is 170 Å². The maximum absolute atomic E-state index is 12.5. The van der Waals surface area contributed by atoms with Crippen LogP contribution in [0.1, 0.15) is 11.1 Å². The Morgan fingerprint density at radius 2 is 1.85 bits per heavy atom. The highest BCUT2D eigenvalue weighted by Crippen LogP contribution is 2.34. The molecule has 1 fully saturated rings. The number of hydrogen-bond donors (Lipinski definition) is 1. The van der Waals surface area contributed by atoms with Gasteiger partial charge in [0, 0.05) is 5.69 Å². The fourth-order valence-corrected chi connectivity index (χ4v) is 3.58. The third-order valence-electron chi connectivity index (χ3n) is 3.78. The molecular formula is C19H14Cl2N2O3S. The highest BCUT2D eigenvalue weighted by molar-refractivity contribution is 8.18. The smallest absolute Gasteiger partial charge is 0.294 e. The molecule has 138 valence electrons. The lowest BCUT2D eigenvalue weighted by atomic mass is 10.2. The summed E-state index contributed by atoms with van der Waals surface area (Å²) in [4.78, 5) is 37.9. The molecule has 8 heteroatoms. The van der Waals surface area contributed by atoms with Crippen LogP contribution in [0.2, 0.25) is 10.0 Å². The van der Waals surface area contributed by atoms with E-state index >= 15 is 0 Å². The number of benzene rings is 2. The molecule has 1 saturated heterocycles. The molecule has 0 saturated carbocycles. The molecule has 0 atom stereocenters.